The zero-order chi connectivity index (χ0) is 25.7. The lowest BCUT2D eigenvalue weighted by molar-refractivity contribution is 0.0782. The molecule has 0 aromatic carbocycles. The van der Waals surface area contributed by atoms with Crippen LogP contribution in [0.15, 0.2) is 41.1 Å². The van der Waals surface area contributed by atoms with Gasteiger partial charge in [0.05, 0.1) is 11.6 Å². The van der Waals surface area contributed by atoms with Gasteiger partial charge in [-0.1, -0.05) is 0 Å². The number of pyridine rings is 1. The first-order valence-corrected chi connectivity index (χ1v) is 12.6. The van der Waals surface area contributed by atoms with E-state index in [9.17, 15) is 4.79 Å². The summed E-state index contributed by atoms with van der Waals surface area (Å²) < 4.78 is 13.9. The zero-order valence-corrected chi connectivity index (χ0v) is 21.2. The smallest absolute Gasteiger partial charge is 0.404 e. The highest BCUT2D eigenvalue weighted by Crippen LogP contribution is 2.34. The molecule has 37 heavy (non-hydrogen) atoms. The number of ether oxygens (including phenoxy) is 1. The van der Waals surface area contributed by atoms with Crippen molar-refractivity contribution in [2.24, 2.45) is 0 Å². The molecule has 4 aromatic rings. The molecule has 1 amide bonds. The van der Waals surface area contributed by atoms with Crippen LogP contribution in [0.3, 0.4) is 0 Å². The molecule has 1 aliphatic heterocycles. The first kappa shape index (κ1) is 23.5. The third-order valence-corrected chi connectivity index (χ3v) is 7.25. The number of carbonyl (C=O) groups is 1. The zero-order valence-electron chi connectivity index (χ0n) is 21.2. The first-order valence-electron chi connectivity index (χ1n) is 12.6. The minimum absolute atomic E-state index is 0.0765. The lowest BCUT2D eigenvalue weighted by Gasteiger charge is -2.42. The highest BCUT2D eigenvalue weighted by molar-refractivity contribution is 5.92. The average Bonchev–Trinajstić information content (AvgIpc) is 3.45. The quantitative estimate of drug-likeness (QED) is 0.419. The fraction of sp³-hybridized carbons (Fsp3) is 0.462. The van der Waals surface area contributed by atoms with Crippen LogP contribution in [-0.4, -0.2) is 79.5 Å². The molecule has 2 aliphatic rings. The molecule has 2 fully saturated rings. The van der Waals surface area contributed by atoms with Gasteiger partial charge >= 0.3 is 6.09 Å². The van der Waals surface area contributed by atoms with E-state index in [-0.39, 0.29) is 17.7 Å². The van der Waals surface area contributed by atoms with E-state index in [2.05, 4.69) is 46.0 Å². The number of nitrogens with zero attached hydrogens (tertiary/aromatic N) is 6. The highest BCUT2D eigenvalue weighted by Gasteiger charge is 2.32. The summed E-state index contributed by atoms with van der Waals surface area (Å²) >= 11 is 0. The summed E-state index contributed by atoms with van der Waals surface area (Å²) in [4.78, 5) is 24.8. The van der Waals surface area contributed by atoms with Gasteiger partial charge in [-0.3, -0.25) is 4.90 Å². The molecule has 2 N–H and O–H groups in total. The van der Waals surface area contributed by atoms with Crippen LogP contribution in [0.4, 0.5) is 10.6 Å². The number of amides is 1. The second-order valence-corrected chi connectivity index (χ2v) is 10.7. The Morgan fingerprint density at radius 2 is 1.92 bits per heavy atom. The third kappa shape index (κ3) is 4.55. The van der Waals surface area contributed by atoms with Crippen LogP contribution < -0.4 is 15.0 Å². The Labute approximate surface area is 214 Å². The number of aromatic nitrogens is 4. The molecule has 1 saturated heterocycles. The summed E-state index contributed by atoms with van der Waals surface area (Å²) in [6.07, 6.45) is 3.69. The molecule has 1 saturated carbocycles. The SMILES string of the molecule is CC(C)(C)N1CCN(c2nccc3oc(-c4cnc5ccc(OC6CC(NC(=O)O)C6)nn45)cc23)CC1. The van der Waals surface area contributed by atoms with Gasteiger partial charge in [0.25, 0.3) is 0 Å². The predicted octanol–water partition coefficient (Wildman–Crippen LogP) is 3.64. The van der Waals surface area contributed by atoms with Crippen molar-refractivity contribution in [3.05, 3.63) is 36.7 Å². The number of hydrogen-bond donors (Lipinski definition) is 2. The van der Waals surface area contributed by atoms with E-state index in [4.69, 9.17) is 19.2 Å². The van der Waals surface area contributed by atoms with E-state index in [1.165, 1.54) is 0 Å². The Bertz CT molecular complexity index is 1440. The van der Waals surface area contributed by atoms with Gasteiger partial charge in [0.2, 0.25) is 5.88 Å². The molecule has 0 atom stereocenters. The molecule has 4 aromatic heterocycles. The van der Waals surface area contributed by atoms with Gasteiger partial charge in [-0.2, -0.15) is 0 Å². The third-order valence-electron chi connectivity index (χ3n) is 7.25. The van der Waals surface area contributed by atoms with Gasteiger partial charge in [-0.05, 0) is 39.0 Å². The largest absolute Gasteiger partial charge is 0.473 e. The lowest BCUT2D eigenvalue weighted by Crippen LogP contribution is -2.53. The maximum atomic E-state index is 10.8. The van der Waals surface area contributed by atoms with Crippen molar-refractivity contribution in [1.82, 2.24) is 29.8 Å². The summed E-state index contributed by atoms with van der Waals surface area (Å²) in [5.41, 5.74) is 2.33. The number of anilines is 1. The van der Waals surface area contributed by atoms with E-state index >= 15 is 0 Å². The van der Waals surface area contributed by atoms with Crippen molar-refractivity contribution in [2.45, 2.75) is 51.3 Å². The van der Waals surface area contributed by atoms with Gasteiger partial charge in [-0.25, -0.2) is 19.3 Å². The second kappa shape index (κ2) is 8.91. The van der Waals surface area contributed by atoms with E-state index in [0.29, 0.717) is 30.1 Å². The minimum atomic E-state index is -1.01. The van der Waals surface area contributed by atoms with E-state index < -0.39 is 6.09 Å². The van der Waals surface area contributed by atoms with E-state index in [1.807, 2.05) is 18.2 Å². The van der Waals surface area contributed by atoms with Crippen molar-refractivity contribution in [1.29, 1.82) is 0 Å². The van der Waals surface area contributed by atoms with Crippen LogP contribution in [0.5, 0.6) is 5.88 Å². The Hall–Kier alpha value is -3.86. The molecule has 0 bridgehead atoms. The van der Waals surface area contributed by atoms with Crippen LogP contribution in [-0.2, 0) is 0 Å². The van der Waals surface area contributed by atoms with E-state index in [1.54, 1.807) is 23.0 Å². The van der Waals surface area contributed by atoms with Crippen molar-refractivity contribution >= 4 is 28.5 Å². The van der Waals surface area contributed by atoms with Crippen LogP contribution in [0.2, 0.25) is 0 Å². The molecule has 11 nitrogen and oxygen atoms in total. The summed E-state index contributed by atoms with van der Waals surface area (Å²) in [5.74, 6) is 2.05. The van der Waals surface area contributed by atoms with Crippen molar-refractivity contribution in [3.8, 4) is 17.3 Å². The fourth-order valence-corrected chi connectivity index (χ4v) is 5.13. The summed E-state index contributed by atoms with van der Waals surface area (Å²) in [7, 11) is 0. The van der Waals surface area contributed by atoms with Crippen LogP contribution >= 0.6 is 0 Å². The average molecular weight is 506 g/mol. The lowest BCUT2D eigenvalue weighted by atomic mass is 9.89. The summed E-state index contributed by atoms with van der Waals surface area (Å²) in [6.45, 7) is 10.6. The number of carboxylic acid groups (broad SMARTS) is 1. The molecule has 6 rings (SSSR count). The number of nitrogens with one attached hydrogen (secondary N) is 1. The normalized spacial score (nSPS) is 20.8. The molecule has 5 heterocycles. The number of fused-ring (bicyclic) bond motifs is 2. The fourth-order valence-electron chi connectivity index (χ4n) is 5.13. The Morgan fingerprint density at radius 3 is 2.65 bits per heavy atom. The first-order chi connectivity index (χ1) is 17.7. The van der Waals surface area contributed by atoms with E-state index in [0.717, 1.165) is 48.7 Å². The summed E-state index contributed by atoms with van der Waals surface area (Å²) in [5, 5.41) is 16.9. The molecule has 0 spiro atoms. The number of hydrogen-bond acceptors (Lipinski definition) is 8. The molecule has 194 valence electrons. The van der Waals surface area contributed by atoms with Gasteiger partial charge in [-0.15, -0.1) is 5.10 Å². The van der Waals surface area contributed by atoms with Gasteiger partial charge in [0.1, 0.15) is 23.2 Å². The van der Waals surface area contributed by atoms with Crippen LogP contribution in [0.1, 0.15) is 33.6 Å². The number of imidazole rings is 1. The standard InChI is InChI=1S/C26H31N7O4/c1-26(2,3)32-10-8-31(9-11-32)24-18-14-21(37-20(18)6-7-27-24)19-15-28-22-4-5-23(30-33(19)22)36-17-12-16(13-17)29-25(34)35/h4-7,14-17,29H,8-13H2,1-3H3,(H,34,35). The van der Waals surface area contributed by atoms with Crippen LogP contribution in [0.25, 0.3) is 28.1 Å². The maximum Gasteiger partial charge on any atom is 0.404 e. The second-order valence-electron chi connectivity index (χ2n) is 10.7. The van der Waals surface area contributed by atoms with Crippen molar-refractivity contribution in [3.63, 3.8) is 0 Å². The molecular formula is C26H31N7O4. The number of rotatable bonds is 5. The number of furan rings is 1. The Kier molecular flexibility index (Phi) is 5.67. The number of piperazine rings is 1. The summed E-state index contributed by atoms with van der Waals surface area (Å²) in [6, 6.07) is 7.45. The Morgan fingerprint density at radius 1 is 1.14 bits per heavy atom. The topological polar surface area (TPSA) is 121 Å². The molecule has 0 unspecified atom stereocenters. The molecule has 11 heteroatoms. The molecule has 0 radical (unpaired) electrons. The predicted molar refractivity (Wildman–Crippen MR) is 138 cm³/mol. The maximum absolute atomic E-state index is 10.8. The van der Waals surface area contributed by atoms with Crippen LogP contribution in [0, 0.1) is 0 Å². The Balaban J connectivity index is 1.24. The van der Waals surface area contributed by atoms with Gasteiger partial charge in [0.15, 0.2) is 11.4 Å². The van der Waals surface area contributed by atoms with Crippen molar-refractivity contribution < 1.29 is 19.1 Å². The molecular weight excluding hydrogens is 474 g/mol. The monoisotopic (exact) mass is 505 g/mol. The molecule has 1 aliphatic carbocycles. The highest BCUT2D eigenvalue weighted by atomic mass is 16.5. The minimum Gasteiger partial charge on any atom is -0.473 e. The van der Waals surface area contributed by atoms with Gasteiger partial charge in [0, 0.05) is 62.9 Å². The van der Waals surface area contributed by atoms with Gasteiger partial charge < -0.3 is 24.5 Å². The van der Waals surface area contributed by atoms with Crippen molar-refractivity contribution in [2.75, 3.05) is 31.1 Å².